The predicted molar refractivity (Wildman–Crippen MR) is 75.6 cm³/mol. The molecule has 0 bridgehead atoms. The fraction of sp³-hybridized carbons (Fsp3) is 0.600. The van der Waals surface area contributed by atoms with Crippen LogP contribution in [-0.4, -0.2) is 58.6 Å². The molecule has 1 aromatic heterocycles. The predicted octanol–water partition coefficient (Wildman–Crippen LogP) is 1.31. The fourth-order valence-electron chi connectivity index (χ4n) is 2.74. The molecule has 0 atom stereocenters. The molecule has 1 aliphatic carbocycles. The van der Waals surface area contributed by atoms with E-state index in [2.05, 4.69) is 14.8 Å². The highest BCUT2D eigenvalue weighted by Gasteiger charge is 2.26. The Bertz CT molecular complexity index is 480. The first-order chi connectivity index (χ1) is 9.70. The third-order valence-corrected chi connectivity index (χ3v) is 4.13. The van der Waals surface area contributed by atoms with Crippen LogP contribution in [0.25, 0.3) is 0 Å². The van der Waals surface area contributed by atoms with Crippen LogP contribution < -0.4 is 0 Å². The number of carboxylic acids is 1. The quantitative estimate of drug-likeness (QED) is 0.878. The van der Waals surface area contributed by atoms with E-state index in [9.17, 15) is 4.79 Å². The highest BCUT2D eigenvalue weighted by Crippen LogP contribution is 2.29. The fourth-order valence-corrected chi connectivity index (χ4v) is 2.74. The average Bonchev–Trinajstić information content (AvgIpc) is 3.25. The third-order valence-electron chi connectivity index (χ3n) is 4.13. The summed E-state index contributed by atoms with van der Waals surface area (Å²) in [6, 6.07) is 3.59. The van der Waals surface area contributed by atoms with Gasteiger partial charge >= 0.3 is 5.97 Å². The molecule has 1 saturated carbocycles. The zero-order valence-corrected chi connectivity index (χ0v) is 11.7. The molecule has 0 radical (unpaired) electrons. The van der Waals surface area contributed by atoms with E-state index < -0.39 is 5.97 Å². The highest BCUT2D eigenvalue weighted by atomic mass is 16.4. The summed E-state index contributed by atoms with van der Waals surface area (Å²) in [5.74, 6) is 0.000903. The van der Waals surface area contributed by atoms with Gasteiger partial charge in [0.25, 0.3) is 0 Å². The second kappa shape index (κ2) is 5.89. The Labute approximate surface area is 119 Å². The average molecular weight is 275 g/mol. The van der Waals surface area contributed by atoms with Gasteiger partial charge < -0.3 is 10.0 Å². The van der Waals surface area contributed by atoms with Gasteiger partial charge in [0.05, 0.1) is 0 Å². The van der Waals surface area contributed by atoms with Crippen LogP contribution in [0, 0.1) is 5.92 Å². The van der Waals surface area contributed by atoms with E-state index >= 15 is 0 Å². The zero-order valence-electron chi connectivity index (χ0n) is 11.7. The van der Waals surface area contributed by atoms with Crippen LogP contribution in [0.2, 0.25) is 0 Å². The maximum Gasteiger partial charge on any atom is 0.354 e. The number of nitrogens with zero attached hydrogens (tertiary/aromatic N) is 3. The van der Waals surface area contributed by atoms with Crippen LogP contribution in [0.3, 0.4) is 0 Å². The van der Waals surface area contributed by atoms with Crippen molar-refractivity contribution >= 4 is 5.97 Å². The monoisotopic (exact) mass is 275 g/mol. The first kappa shape index (κ1) is 13.5. The number of pyridine rings is 1. The number of hydrogen-bond acceptors (Lipinski definition) is 4. The largest absolute Gasteiger partial charge is 0.477 e. The Morgan fingerprint density at radius 3 is 2.60 bits per heavy atom. The second-order valence-electron chi connectivity index (χ2n) is 5.87. The molecule has 1 N–H and O–H groups in total. The number of aromatic carboxylic acids is 1. The van der Waals surface area contributed by atoms with Gasteiger partial charge in [-0.2, -0.15) is 0 Å². The lowest BCUT2D eigenvalue weighted by Crippen LogP contribution is -2.46. The van der Waals surface area contributed by atoms with Crippen LogP contribution in [-0.2, 0) is 6.54 Å². The summed E-state index contributed by atoms with van der Waals surface area (Å²) in [7, 11) is 0. The standard InChI is InChI=1S/C15H21N3O2/c19-15(20)14-9-13(3-4-16-14)11-18-7-5-17(6-8-18)10-12-1-2-12/h3-4,9,12H,1-2,5-8,10-11H2,(H,19,20). The van der Waals surface area contributed by atoms with Gasteiger partial charge in [0, 0.05) is 45.5 Å². The molecule has 5 nitrogen and oxygen atoms in total. The summed E-state index contributed by atoms with van der Waals surface area (Å²) in [6.07, 6.45) is 4.41. The van der Waals surface area contributed by atoms with Gasteiger partial charge in [-0.05, 0) is 36.5 Å². The Morgan fingerprint density at radius 1 is 1.25 bits per heavy atom. The van der Waals surface area contributed by atoms with Crippen molar-refractivity contribution in [1.29, 1.82) is 0 Å². The molecule has 1 saturated heterocycles. The highest BCUT2D eigenvalue weighted by molar-refractivity contribution is 5.85. The molecule has 2 aliphatic rings. The van der Waals surface area contributed by atoms with Crippen LogP contribution in [0.5, 0.6) is 0 Å². The van der Waals surface area contributed by atoms with E-state index in [-0.39, 0.29) is 5.69 Å². The molecule has 0 unspecified atom stereocenters. The van der Waals surface area contributed by atoms with Crippen molar-refractivity contribution in [3.63, 3.8) is 0 Å². The molecule has 1 aromatic rings. The van der Waals surface area contributed by atoms with Gasteiger partial charge in [0.1, 0.15) is 5.69 Å². The van der Waals surface area contributed by atoms with Gasteiger partial charge in [0.2, 0.25) is 0 Å². The molecular weight excluding hydrogens is 254 g/mol. The van der Waals surface area contributed by atoms with Crippen molar-refractivity contribution in [2.45, 2.75) is 19.4 Å². The number of carboxylic acid groups (broad SMARTS) is 1. The number of aromatic nitrogens is 1. The summed E-state index contributed by atoms with van der Waals surface area (Å²) in [5.41, 5.74) is 1.17. The topological polar surface area (TPSA) is 56.7 Å². The number of piperazine rings is 1. The van der Waals surface area contributed by atoms with E-state index in [0.717, 1.165) is 44.2 Å². The Balaban J connectivity index is 1.51. The maximum atomic E-state index is 10.9. The molecule has 2 heterocycles. The first-order valence-corrected chi connectivity index (χ1v) is 7.33. The van der Waals surface area contributed by atoms with Crippen LogP contribution >= 0.6 is 0 Å². The molecule has 1 aliphatic heterocycles. The van der Waals surface area contributed by atoms with Gasteiger partial charge in [-0.25, -0.2) is 9.78 Å². The van der Waals surface area contributed by atoms with E-state index in [1.807, 2.05) is 6.07 Å². The number of carbonyl (C=O) groups is 1. The Morgan fingerprint density at radius 2 is 1.95 bits per heavy atom. The van der Waals surface area contributed by atoms with Gasteiger partial charge in [-0.1, -0.05) is 0 Å². The zero-order chi connectivity index (χ0) is 13.9. The summed E-state index contributed by atoms with van der Waals surface area (Å²) in [5, 5.41) is 8.96. The van der Waals surface area contributed by atoms with Crippen molar-refractivity contribution in [3.05, 3.63) is 29.6 Å². The summed E-state index contributed by atoms with van der Waals surface area (Å²) >= 11 is 0. The number of rotatable bonds is 5. The molecule has 3 rings (SSSR count). The summed E-state index contributed by atoms with van der Waals surface area (Å²) in [4.78, 5) is 19.7. The Kier molecular flexibility index (Phi) is 3.98. The lowest BCUT2D eigenvalue weighted by atomic mass is 10.2. The molecule has 0 aromatic carbocycles. The van der Waals surface area contributed by atoms with Crippen molar-refractivity contribution in [3.8, 4) is 0 Å². The summed E-state index contributed by atoms with van der Waals surface area (Å²) < 4.78 is 0. The minimum Gasteiger partial charge on any atom is -0.477 e. The Hall–Kier alpha value is -1.46. The normalized spacial score (nSPS) is 21.0. The van der Waals surface area contributed by atoms with Crippen LogP contribution in [0.1, 0.15) is 28.9 Å². The lowest BCUT2D eigenvalue weighted by Gasteiger charge is -2.34. The van der Waals surface area contributed by atoms with Crippen molar-refractivity contribution in [1.82, 2.24) is 14.8 Å². The molecular formula is C15H21N3O2. The minimum absolute atomic E-state index is 0.134. The molecule has 0 spiro atoms. The summed E-state index contributed by atoms with van der Waals surface area (Å²) in [6.45, 7) is 6.49. The van der Waals surface area contributed by atoms with Gasteiger partial charge in [-0.3, -0.25) is 4.90 Å². The molecule has 0 amide bonds. The minimum atomic E-state index is -0.957. The van der Waals surface area contributed by atoms with Crippen molar-refractivity contribution < 1.29 is 9.90 Å². The van der Waals surface area contributed by atoms with Gasteiger partial charge in [0.15, 0.2) is 0 Å². The smallest absolute Gasteiger partial charge is 0.354 e. The lowest BCUT2D eigenvalue weighted by molar-refractivity contribution is 0.0690. The van der Waals surface area contributed by atoms with E-state index in [1.54, 1.807) is 12.3 Å². The number of hydrogen-bond donors (Lipinski definition) is 1. The van der Waals surface area contributed by atoms with Crippen LogP contribution in [0.15, 0.2) is 18.3 Å². The van der Waals surface area contributed by atoms with Gasteiger partial charge in [-0.15, -0.1) is 0 Å². The molecule has 5 heteroatoms. The van der Waals surface area contributed by atoms with Crippen molar-refractivity contribution in [2.24, 2.45) is 5.92 Å². The van der Waals surface area contributed by atoms with E-state index in [4.69, 9.17) is 5.11 Å². The first-order valence-electron chi connectivity index (χ1n) is 7.33. The van der Waals surface area contributed by atoms with Crippen molar-refractivity contribution in [2.75, 3.05) is 32.7 Å². The van der Waals surface area contributed by atoms with Crippen LogP contribution in [0.4, 0.5) is 0 Å². The molecule has 20 heavy (non-hydrogen) atoms. The maximum absolute atomic E-state index is 10.9. The SMILES string of the molecule is O=C(O)c1cc(CN2CCN(CC3CC3)CC2)ccn1. The van der Waals surface area contributed by atoms with E-state index in [0.29, 0.717) is 0 Å². The second-order valence-corrected chi connectivity index (χ2v) is 5.87. The van der Waals surface area contributed by atoms with E-state index in [1.165, 1.54) is 19.4 Å². The molecule has 108 valence electrons. The molecule has 2 fully saturated rings. The third kappa shape index (κ3) is 3.55.